The molecule has 1 aliphatic carbocycles. The molecule has 1 N–H and O–H groups in total. The Kier molecular flexibility index (Phi) is 2.45. The molecule has 1 heterocycles. The highest BCUT2D eigenvalue weighted by Gasteiger charge is 2.32. The van der Waals surface area contributed by atoms with Crippen LogP contribution in [0.25, 0.3) is 0 Å². The summed E-state index contributed by atoms with van der Waals surface area (Å²) in [5.41, 5.74) is 2.69. The number of halogens is 1. The smallest absolute Gasteiger partial charge is 0.0781 e. The summed E-state index contributed by atoms with van der Waals surface area (Å²) in [7, 11) is 0. The highest BCUT2D eigenvalue weighted by Crippen LogP contribution is 2.41. The summed E-state index contributed by atoms with van der Waals surface area (Å²) < 4.78 is 4.60. The number of aryl methyl sites for hydroxylation is 1. The molecule has 0 unspecified atom stereocenters. The molecule has 1 aromatic carbocycles. The molecule has 0 atom stereocenters. The van der Waals surface area contributed by atoms with Crippen molar-refractivity contribution >= 4 is 33.6 Å². The summed E-state index contributed by atoms with van der Waals surface area (Å²) in [6.45, 7) is 3.11. The zero-order chi connectivity index (χ0) is 10.4. The van der Waals surface area contributed by atoms with E-state index < -0.39 is 0 Å². The lowest BCUT2D eigenvalue weighted by Gasteiger charge is -2.31. The third-order valence-corrected chi connectivity index (χ3v) is 4.63. The van der Waals surface area contributed by atoms with Crippen molar-refractivity contribution < 1.29 is 0 Å². The number of anilines is 1. The Labute approximate surface area is 103 Å². The average molecular weight is 285 g/mol. The second-order valence-electron chi connectivity index (χ2n) is 4.17. The van der Waals surface area contributed by atoms with Gasteiger partial charge in [0.15, 0.2) is 0 Å². The van der Waals surface area contributed by atoms with Crippen LogP contribution in [0, 0.1) is 6.92 Å². The molecular formula is C11H13BrN2S. The van der Waals surface area contributed by atoms with Gasteiger partial charge in [0, 0.05) is 15.4 Å². The minimum absolute atomic E-state index is 0.770. The van der Waals surface area contributed by atoms with Crippen LogP contribution in [0.1, 0.15) is 18.4 Å². The van der Waals surface area contributed by atoms with Crippen molar-refractivity contribution in [3.05, 3.63) is 22.2 Å². The lowest BCUT2D eigenvalue weighted by Crippen LogP contribution is -2.36. The standard InChI is InChI=1S/C11H13BrN2S/c1-7-4-11-10(5-9(7)12)14(6-13-15-11)8-2-3-8/h4-5,8,13H,2-3,6H2,1H3. The van der Waals surface area contributed by atoms with Crippen LogP contribution in [0.3, 0.4) is 0 Å². The van der Waals surface area contributed by atoms with E-state index in [0.717, 1.165) is 12.7 Å². The molecule has 0 saturated heterocycles. The summed E-state index contributed by atoms with van der Waals surface area (Å²) >= 11 is 5.36. The van der Waals surface area contributed by atoms with Crippen LogP contribution >= 0.6 is 27.9 Å². The first-order valence-corrected chi connectivity index (χ1v) is 6.83. The highest BCUT2D eigenvalue weighted by molar-refractivity contribution is 9.10. The fraction of sp³-hybridized carbons (Fsp3) is 0.455. The third-order valence-electron chi connectivity index (χ3n) is 2.95. The lowest BCUT2D eigenvalue weighted by atomic mass is 10.2. The van der Waals surface area contributed by atoms with E-state index in [9.17, 15) is 0 Å². The van der Waals surface area contributed by atoms with Gasteiger partial charge in [0.1, 0.15) is 0 Å². The second-order valence-corrected chi connectivity index (χ2v) is 5.96. The largest absolute Gasteiger partial charge is 0.354 e. The van der Waals surface area contributed by atoms with Gasteiger partial charge in [-0.05, 0) is 49.4 Å². The maximum Gasteiger partial charge on any atom is 0.0781 e. The number of nitrogens with one attached hydrogen (secondary N) is 1. The third kappa shape index (κ3) is 1.79. The zero-order valence-corrected chi connectivity index (χ0v) is 11.0. The predicted octanol–water partition coefficient (Wildman–Crippen LogP) is 3.29. The first kappa shape index (κ1) is 10.00. The van der Waals surface area contributed by atoms with Gasteiger partial charge >= 0.3 is 0 Å². The monoisotopic (exact) mass is 284 g/mol. The fourth-order valence-electron chi connectivity index (χ4n) is 1.93. The summed E-state index contributed by atoms with van der Waals surface area (Å²) in [5.74, 6) is 0. The Hall–Kier alpha value is -0.190. The normalized spacial score (nSPS) is 20.3. The van der Waals surface area contributed by atoms with Gasteiger partial charge in [0.25, 0.3) is 0 Å². The predicted molar refractivity (Wildman–Crippen MR) is 68.2 cm³/mol. The van der Waals surface area contributed by atoms with Crippen molar-refractivity contribution in [1.29, 1.82) is 0 Å². The molecule has 3 rings (SSSR count). The Morgan fingerprint density at radius 3 is 3.00 bits per heavy atom. The molecule has 1 saturated carbocycles. The van der Waals surface area contributed by atoms with E-state index in [1.165, 1.54) is 33.5 Å². The van der Waals surface area contributed by atoms with E-state index in [1.54, 1.807) is 11.9 Å². The molecular weight excluding hydrogens is 272 g/mol. The Morgan fingerprint density at radius 2 is 2.27 bits per heavy atom. The number of benzene rings is 1. The SMILES string of the molecule is Cc1cc2c(cc1Br)N(C1CC1)CNS2. The van der Waals surface area contributed by atoms with Crippen molar-refractivity contribution in [1.82, 2.24) is 4.72 Å². The molecule has 1 aliphatic heterocycles. The van der Waals surface area contributed by atoms with Crippen molar-refractivity contribution in [3.8, 4) is 0 Å². The van der Waals surface area contributed by atoms with Gasteiger partial charge in [-0.2, -0.15) is 0 Å². The van der Waals surface area contributed by atoms with Gasteiger partial charge < -0.3 is 4.90 Å². The van der Waals surface area contributed by atoms with Crippen LogP contribution < -0.4 is 9.62 Å². The van der Waals surface area contributed by atoms with Gasteiger partial charge in [0.2, 0.25) is 0 Å². The number of hydrogen-bond donors (Lipinski definition) is 1. The first-order valence-electron chi connectivity index (χ1n) is 5.22. The van der Waals surface area contributed by atoms with E-state index in [0.29, 0.717) is 0 Å². The zero-order valence-electron chi connectivity index (χ0n) is 8.59. The van der Waals surface area contributed by atoms with E-state index in [1.807, 2.05) is 0 Å². The van der Waals surface area contributed by atoms with Crippen LogP contribution in [0.5, 0.6) is 0 Å². The topological polar surface area (TPSA) is 15.3 Å². The molecule has 0 bridgehead atoms. The molecule has 80 valence electrons. The highest BCUT2D eigenvalue weighted by atomic mass is 79.9. The fourth-order valence-corrected chi connectivity index (χ4v) is 3.13. The van der Waals surface area contributed by atoms with Crippen molar-refractivity contribution in [2.24, 2.45) is 0 Å². The van der Waals surface area contributed by atoms with E-state index >= 15 is 0 Å². The number of nitrogens with zero attached hydrogens (tertiary/aromatic N) is 1. The molecule has 4 heteroatoms. The molecule has 2 nitrogen and oxygen atoms in total. The van der Waals surface area contributed by atoms with Gasteiger partial charge in [-0.15, -0.1) is 0 Å². The minimum atomic E-state index is 0.770. The molecule has 2 aliphatic rings. The molecule has 1 aromatic rings. The van der Waals surface area contributed by atoms with E-state index in [-0.39, 0.29) is 0 Å². The first-order chi connectivity index (χ1) is 7.25. The Bertz CT molecular complexity index is 404. The van der Waals surface area contributed by atoms with E-state index in [4.69, 9.17) is 0 Å². The lowest BCUT2D eigenvalue weighted by molar-refractivity contribution is 0.754. The van der Waals surface area contributed by atoms with Crippen LogP contribution in [0.4, 0.5) is 5.69 Å². The minimum Gasteiger partial charge on any atom is -0.354 e. The summed E-state index contributed by atoms with van der Waals surface area (Å²) in [4.78, 5) is 3.84. The molecule has 0 amide bonds. The van der Waals surface area contributed by atoms with Gasteiger partial charge in [-0.3, -0.25) is 0 Å². The van der Waals surface area contributed by atoms with Crippen LogP contribution in [-0.4, -0.2) is 12.7 Å². The van der Waals surface area contributed by atoms with Crippen molar-refractivity contribution in [2.75, 3.05) is 11.6 Å². The molecule has 0 aromatic heterocycles. The summed E-state index contributed by atoms with van der Waals surface area (Å²) in [5, 5.41) is 0. The van der Waals surface area contributed by atoms with Crippen LogP contribution in [0.2, 0.25) is 0 Å². The summed E-state index contributed by atoms with van der Waals surface area (Å²) in [6.07, 6.45) is 2.69. The molecule has 1 fully saturated rings. The number of fused-ring (bicyclic) bond motifs is 1. The maximum atomic E-state index is 3.61. The Morgan fingerprint density at radius 1 is 1.47 bits per heavy atom. The summed E-state index contributed by atoms with van der Waals surface area (Å²) in [6, 6.07) is 5.29. The van der Waals surface area contributed by atoms with E-state index in [2.05, 4.69) is 44.6 Å². The van der Waals surface area contributed by atoms with Crippen molar-refractivity contribution in [3.63, 3.8) is 0 Å². The van der Waals surface area contributed by atoms with Gasteiger partial charge in [-0.25, -0.2) is 4.72 Å². The Balaban J connectivity index is 2.05. The quantitative estimate of drug-likeness (QED) is 0.797. The van der Waals surface area contributed by atoms with Crippen LogP contribution in [-0.2, 0) is 0 Å². The molecule has 15 heavy (non-hydrogen) atoms. The van der Waals surface area contributed by atoms with Gasteiger partial charge in [0.05, 0.1) is 12.4 Å². The van der Waals surface area contributed by atoms with Gasteiger partial charge in [-0.1, -0.05) is 15.9 Å². The van der Waals surface area contributed by atoms with Crippen molar-refractivity contribution in [2.45, 2.75) is 30.7 Å². The molecule has 0 radical (unpaired) electrons. The number of hydrogen-bond acceptors (Lipinski definition) is 3. The molecule has 0 spiro atoms. The average Bonchev–Trinajstić information content (AvgIpc) is 3.02. The second kappa shape index (κ2) is 3.68. The van der Waals surface area contributed by atoms with Crippen LogP contribution in [0.15, 0.2) is 21.5 Å². The number of rotatable bonds is 1. The maximum absolute atomic E-state index is 3.61.